The van der Waals surface area contributed by atoms with Crippen molar-refractivity contribution in [1.82, 2.24) is 4.98 Å². The van der Waals surface area contributed by atoms with Gasteiger partial charge in [-0.05, 0) is 25.1 Å². The van der Waals surface area contributed by atoms with Crippen LogP contribution in [0.25, 0.3) is 11.3 Å². The predicted molar refractivity (Wildman–Crippen MR) is 79.7 cm³/mol. The number of nitrogens with zero attached hydrogens (tertiary/aromatic N) is 1. The molecule has 0 fully saturated rings. The third kappa shape index (κ3) is 3.30. The lowest BCUT2D eigenvalue weighted by Gasteiger charge is -2.11. The molecular formula is C13H13ClF3N3S. The van der Waals surface area contributed by atoms with Crippen LogP contribution in [0.5, 0.6) is 0 Å². The van der Waals surface area contributed by atoms with Crippen molar-refractivity contribution in [2.75, 3.05) is 12.4 Å². The molecule has 1 atom stereocenters. The second kappa shape index (κ2) is 5.82. The number of benzene rings is 1. The number of thiazole rings is 1. The third-order valence-corrected chi connectivity index (χ3v) is 4.43. The highest BCUT2D eigenvalue weighted by Crippen LogP contribution is 2.40. The normalized spacial score (nSPS) is 13.3. The zero-order valence-electron chi connectivity index (χ0n) is 11.3. The number of nitrogens with two attached hydrogens (primary N) is 1. The van der Waals surface area contributed by atoms with E-state index in [1.165, 1.54) is 17.4 Å². The van der Waals surface area contributed by atoms with E-state index < -0.39 is 11.7 Å². The molecule has 0 saturated carbocycles. The van der Waals surface area contributed by atoms with Crippen molar-refractivity contribution in [3.8, 4) is 11.3 Å². The van der Waals surface area contributed by atoms with E-state index in [2.05, 4.69) is 10.3 Å². The van der Waals surface area contributed by atoms with Crippen LogP contribution in [0.15, 0.2) is 18.2 Å². The number of hydrogen-bond donors (Lipinski definition) is 2. The summed E-state index contributed by atoms with van der Waals surface area (Å²) in [6, 6.07) is 2.82. The van der Waals surface area contributed by atoms with Gasteiger partial charge in [-0.2, -0.15) is 13.2 Å². The lowest BCUT2D eigenvalue weighted by molar-refractivity contribution is -0.137. The van der Waals surface area contributed by atoms with E-state index >= 15 is 0 Å². The summed E-state index contributed by atoms with van der Waals surface area (Å²) < 4.78 is 38.5. The fourth-order valence-electron chi connectivity index (χ4n) is 1.82. The maximum absolute atomic E-state index is 12.8. The van der Waals surface area contributed by atoms with Crippen molar-refractivity contribution >= 4 is 28.1 Å². The molecule has 0 spiro atoms. The van der Waals surface area contributed by atoms with Crippen LogP contribution in [0, 0.1) is 0 Å². The first kappa shape index (κ1) is 16.1. The Balaban J connectivity index is 2.63. The second-order valence-corrected chi connectivity index (χ2v) is 5.90. The maximum Gasteiger partial charge on any atom is 0.416 e. The van der Waals surface area contributed by atoms with E-state index in [9.17, 15) is 13.2 Å². The molecule has 114 valence electrons. The highest BCUT2D eigenvalue weighted by Gasteiger charge is 2.31. The van der Waals surface area contributed by atoms with Crippen molar-refractivity contribution in [2.45, 2.75) is 19.1 Å². The molecule has 0 saturated heterocycles. The Morgan fingerprint density at radius 2 is 2.05 bits per heavy atom. The van der Waals surface area contributed by atoms with E-state index in [-0.39, 0.29) is 16.6 Å². The van der Waals surface area contributed by atoms with Gasteiger partial charge in [0.2, 0.25) is 0 Å². The Bertz CT molecular complexity index is 653. The molecule has 0 amide bonds. The number of aromatic nitrogens is 1. The summed E-state index contributed by atoms with van der Waals surface area (Å²) in [5.74, 6) is 0. The highest BCUT2D eigenvalue weighted by molar-refractivity contribution is 7.16. The predicted octanol–water partition coefficient (Wildman–Crippen LogP) is 4.54. The summed E-state index contributed by atoms with van der Waals surface area (Å²) >= 11 is 7.34. The molecule has 2 aromatic rings. The standard InChI is InChI=1S/C13H13ClF3N3S/c1-6(18)11-10(20-12(19-2)21-11)8-5-7(13(15,16)17)3-4-9(8)14/h3-6H,18H2,1-2H3,(H,19,20). The summed E-state index contributed by atoms with van der Waals surface area (Å²) in [4.78, 5) is 4.96. The molecule has 1 aromatic heterocycles. The van der Waals surface area contributed by atoms with E-state index in [1.54, 1.807) is 14.0 Å². The van der Waals surface area contributed by atoms with E-state index in [4.69, 9.17) is 17.3 Å². The SMILES string of the molecule is CNc1nc(-c2cc(C(F)(F)F)ccc2Cl)c(C(C)N)s1. The van der Waals surface area contributed by atoms with Crippen LogP contribution >= 0.6 is 22.9 Å². The van der Waals surface area contributed by atoms with Gasteiger partial charge in [0.1, 0.15) is 0 Å². The first-order valence-corrected chi connectivity index (χ1v) is 7.24. The molecule has 1 heterocycles. The Morgan fingerprint density at radius 1 is 1.38 bits per heavy atom. The first-order valence-electron chi connectivity index (χ1n) is 6.05. The van der Waals surface area contributed by atoms with Crippen LogP contribution in [0.4, 0.5) is 18.3 Å². The van der Waals surface area contributed by atoms with Gasteiger partial charge in [0.05, 0.1) is 21.2 Å². The highest BCUT2D eigenvalue weighted by atomic mass is 35.5. The average Bonchev–Trinajstić information content (AvgIpc) is 2.82. The molecule has 1 unspecified atom stereocenters. The van der Waals surface area contributed by atoms with Crippen LogP contribution in [-0.4, -0.2) is 12.0 Å². The van der Waals surface area contributed by atoms with E-state index in [0.717, 1.165) is 12.1 Å². The minimum absolute atomic E-state index is 0.206. The molecule has 8 heteroatoms. The lowest BCUT2D eigenvalue weighted by Crippen LogP contribution is -2.06. The van der Waals surface area contributed by atoms with Gasteiger partial charge in [0, 0.05) is 18.7 Å². The summed E-state index contributed by atoms with van der Waals surface area (Å²) in [6.07, 6.45) is -4.43. The van der Waals surface area contributed by atoms with Crippen molar-refractivity contribution in [2.24, 2.45) is 5.73 Å². The number of alkyl halides is 3. The maximum atomic E-state index is 12.8. The summed E-state index contributed by atoms with van der Waals surface area (Å²) in [5.41, 5.74) is 5.72. The van der Waals surface area contributed by atoms with Crippen LogP contribution < -0.4 is 11.1 Å². The molecule has 1 aromatic carbocycles. The molecular weight excluding hydrogens is 323 g/mol. The van der Waals surface area contributed by atoms with Gasteiger partial charge in [-0.1, -0.05) is 22.9 Å². The van der Waals surface area contributed by atoms with Crippen molar-refractivity contribution in [3.05, 3.63) is 33.7 Å². The number of hydrogen-bond acceptors (Lipinski definition) is 4. The van der Waals surface area contributed by atoms with Gasteiger partial charge in [-0.25, -0.2) is 4.98 Å². The number of nitrogens with one attached hydrogen (secondary N) is 1. The van der Waals surface area contributed by atoms with Gasteiger partial charge >= 0.3 is 6.18 Å². The Hall–Kier alpha value is -1.31. The second-order valence-electron chi connectivity index (χ2n) is 4.46. The van der Waals surface area contributed by atoms with Crippen LogP contribution in [0.2, 0.25) is 5.02 Å². The fourth-order valence-corrected chi connectivity index (χ4v) is 2.92. The lowest BCUT2D eigenvalue weighted by atomic mass is 10.1. The van der Waals surface area contributed by atoms with Gasteiger partial charge in [-0.3, -0.25) is 0 Å². The smallest absolute Gasteiger partial charge is 0.365 e. The topological polar surface area (TPSA) is 50.9 Å². The number of rotatable bonds is 3. The molecule has 3 nitrogen and oxygen atoms in total. The first-order chi connectivity index (χ1) is 9.74. The molecule has 0 bridgehead atoms. The minimum atomic E-state index is -4.43. The van der Waals surface area contributed by atoms with Crippen molar-refractivity contribution < 1.29 is 13.2 Å². The third-order valence-electron chi connectivity index (χ3n) is 2.83. The van der Waals surface area contributed by atoms with E-state index in [1.807, 2.05) is 0 Å². The number of halogens is 4. The Kier molecular flexibility index (Phi) is 4.46. The molecule has 21 heavy (non-hydrogen) atoms. The van der Waals surface area contributed by atoms with Gasteiger partial charge in [0.25, 0.3) is 0 Å². The largest absolute Gasteiger partial charge is 0.416 e. The summed E-state index contributed by atoms with van der Waals surface area (Å²) in [6.45, 7) is 1.75. The molecule has 0 aliphatic heterocycles. The fraction of sp³-hybridized carbons (Fsp3) is 0.308. The monoisotopic (exact) mass is 335 g/mol. The van der Waals surface area contributed by atoms with Gasteiger partial charge in [-0.15, -0.1) is 0 Å². The summed E-state index contributed by atoms with van der Waals surface area (Å²) in [5, 5.41) is 3.64. The molecule has 0 aliphatic rings. The van der Waals surface area contributed by atoms with E-state index in [0.29, 0.717) is 15.7 Å². The van der Waals surface area contributed by atoms with Gasteiger partial charge in [0.15, 0.2) is 5.13 Å². The van der Waals surface area contributed by atoms with Crippen LogP contribution in [0.1, 0.15) is 23.4 Å². The minimum Gasteiger partial charge on any atom is -0.365 e. The molecule has 0 aliphatic carbocycles. The molecule has 0 radical (unpaired) electrons. The summed E-state index contributed by atoms with van der Waals surface area (Å²) in [7, 11) is 1.68. The quantitative estimate of drug-likeness (QED) is 0.865. The number of anilines is 1. The zero-order valence-corrected chi connectivity index (χ0v) is 12.8. The average molecular weight is 336 g/mol. The van der Waals surface area contributed by atoms with Crippen LogP contribution in [-0.2, 0) is 6.18 Å². The van der Waals surface area contributed by atoms with Crippen LogP contribution in [0.3, 0.4) is 0 Å². The van der Waals surface area contributed by atoms with Crippen molar-refractivity contribution in [3.63, 3.8) is 0 Å². The Labute approximate surface area is 128 Å². The molecule has 2 rings (SSSR count). The Morgan fingerprint density at radius 3 is 2.57 bits per heavy atom. The van der Waals surface area contributed by atoms with Crippen molar-refractivity contribution in [1.29, 1.82) is 0 Å². The zero-order chi connectivity index (χ0) is 15.8. The molecule has 3 N–H and O–H groups in total. The van der Waals surface area contributed by atoms with Gasteiger partial charge < -0.3 is 11.1 Å².